The van der Waals surface area contributed by atoms with Crippen molar-refractivity contribution in [1.29, 1.82) is 0 Å². The van der Waals surface area contributed by atoms with Gasteiger partial charge in [0.1, 0.15) is 0 Å². The Balaban J connectivity index is 2.43. The highest BCUT2D eigenvalue weighted by Crippen LogP contribution is 2.37. The van der Waals surface area contributed by atoms with Crippen LogP contribution in [-0.2, 0) is 0 Å². The van der Waals surface area contributed by atoms with Crippen LogP contribution in [0.2, 0.25) is 0 Å². The van der Waals surface area contributed by atoms with E-state index in [0.717, 1.165) is 6.08 Å². The largest absolute Gasteiger partial charge is 0.502 e. The minimum Gasteiger partial charge on any atom is -0.502 e. The molecule has 0 spiro atoms. The fraction of sp³-hybridized carbons (Fsp3) is 0. The molecule has 0 saturated carbocycles. The number of hydrogen-bond acceptors (Lipinski definition) is 6. The quantitative estimate of drug-likeness (QED) is 0.294. The molecule has 0 aliphatic rings. The van der Waals surface area contributed by atoms with Gasteiger partial charge in [-0.2, -0.15) is 0 Å². The maximum absolute atomic E-state index is 13.6. The maximum atomic E-state index is 13.6. The third kappa shape index (κ3) is 2.90. The van der Waals surface area contributed by atoms with Crippen LogP contribution in [0, 0.1) is 15.9 Å². The van der Waals surface area contributed by atoms with Crippen molar-refractivity contribution < 1.29 is 19.2 Å². The number of benzene rings is 1. The van der Waals surface area contributed by atoms with Gasteiger partial charge in [0.2, 0.25) is 5.75 Å². The molecule has 0 unspecified atom stereocenters. The lowest BCUT2D eigenvalue weighted by atomic mass is 10.1. The number of allylic oxidation sites excluding steroid dienone is 1. The number of phenolic OH excluding ortho intramolecular Hbond substituents is 1. The van der Waals surface area contributed by atoms with Gasteiger partial charge >= 0.3 is 5.69 Å². The highest BCUT2D eigenvalue weighted by atomic mass is 19.1. The zero-order valence-corrected chi connectivity index (χ0v) is 11.1. The number of halogens is 1. The molecule has 0 fully saturated rings. The van der Waals surface area contributed by atoms with E-state index in [0.29, 0.717) is 11.6 Å². The molecule has 1 aromatic heterocycles. The van der Waals surface area contributed by atoms with Gasteiger partial charge in [0, 0.05) is 12.4 Å². The second-order valence-electron chi connectivity index (χ2n) is 4.25. The molecule has 7 nitrogen and oxygen atoms in total. The molecule has 0 bridgehead atoms. The van der Waals surface area contributed by atoms with E-state index in [1.54, 1.807) is 12.1 Å². The van der Waals surface area contributed by atoms with Crippen molar-refractivity contribution in [2.75, 3.05) is 5.73 Å². The number of carbonyl (C=O) groups excluding carboxylic acids is 1. The minimum atomic E-state index is -1.15. The molecule has 0 aliphatic carbocycles. The van der Waals surface area contributed by atoms with Crippen molar-refractivity contribution in [2.24, 2.45) is 0 Å². The smallest absolute Gasteiger partial charge is 0.337 e. The first kappa shape index (κ1) is 15.1. The predicted octanol–water partition coefficient (Wildman–Crippen LogP) is 2.31. The summed E-state index contributed by atoms with van der Waals surface area (Å²) < 4.78 is 13.6. The number of nitro groups is 1. The van der Waals surface area contributed by atoms with E-state index in [4.69, 9.17) is 5.73 Å². The predicted molar refractivity (Wildman–Crippen MR) is 76.7 cm³/mol. The Hall–Kier alpha value is -3.29. The Morgan fingerprint density at radius 3 is 2.64 bits per heavy atom. The standard InChI is InChI=1S/C14H10FN3O4/c15-10-7-9(14(20)13(12(10)16)18(21)22)11(19)2-1-8-3-5-17-6-4-8/h1-7,20H,16H2/b2-1+. The number of aromatic nitrogens is 1. The van der Waals surface area contributed by atoms with Gasteiger partial charge in [-0.3, -0.25) is 19.9 Å². The molecule has 22 heavy (non-hydrogen) atoms. The number of nitrogens with zero attached hydrogens (tertiary/aromatic N) is 2. The summed E-state index contributed by atoms with van der Waals surface area (Å²) in [7, 11) is 0. The normalized spacial score (nSPS) is 10.8. The molecule has 1 aromatic carbocycles. The number of phenols is 1. The molecule has 112 valence electrons. The van der Waals surface area contributed by atoms with E-state index < -0.39 is 39.2 Å². The average molecular weight is 303 g/mol. The van der Waals surface area contributed by atoms with Crippen LogP contribution in [0.3, 0.4) is 0 Å². The lowest BCUT2D eigenvalue weighted by Crippen LogP contribution is -2.04. The summed E-state index contributed by atoms with van der Waals surface area (Å²) in [6, 6.07) is 3.90. The molecule has 8 heteroatoms. The third-order valence-corrected chi connectivity index (χ3v) is 2.84. The van der Waals surface area contributed by atoms with E-state index in [9.17, 15) is 24.4 Å². The van der Waals surface area contributed by atoms with Crippen molar-refractivity contribution in [3.05, 3.63) is 63.7 Å². The number of ketones is 1. The zero-order chi connectivity index (χ0) is 16.3. The average Bonchev–Trinajstić information content (AvgIpc) is 2.49. The van der Waals surface area contributed by atoms with Gasteiger partial charge in [-0.25, -0.2) is 4.39 Å². The van der Waals surface area contributed by atoms with E-state index in [1.165, 1.54) is 18.5 Å². The summed E-state index contributed by atoms with van der Waals surface area (Å²) in [4.78, 5) is 25.6. The third-order valence-electron chi connectivity index (χ3n) is 2.84. The first-order chi connectivity index (χ1) is 10.4. The van der Waals surface area contributed by atoms with Gasteiger partial charge in [0.25, 0.3) is 0 Å². The van der Waals surface area contributed by atoms with E-state index in [-0.39, 0.29) is 0 Å². The van der Waals surface area contributed by atoms with Crippen LogP contribution in [0.15, 0.2) is 36.7 Å². The molecule has 0 amide bonds. The Morgan fingerprint density at radius 2 is 2.05 bits per heavy atom. The van der Waals surface area contributed by atoms with Gasteiger partial charge < -0.3 is 10.8 Å². The summed E-state index contributed by atoms with van der Waals surface area (Å²) in [5, 5.41) is 20.6. The number of aromatic hydroxyl groups is 1. The van der Waals surface area contributed by atoms with Crippen LogP contribution in [0.5, 0.6) is 5.75 Å². The summed E-state index contributed by atoms with van der Waals surface area (Å²) >= 11 is 0. The van der Waals surface area contributed by atoms with Crippen LogP contribution in [0.25, 0.3) is 6.08 Å². The number of nitro benzene ring substituents is 1. The molecule has 1 heterocycles. The Labute approximate surface area is 123 Å². The topological polar surface area (TPSA) is 119 Å². The number of pyridine rings is 1. The second-order valence-corrected chi connectivity index (χ2v) is 4.25. The van der Waals surface area contributed by atoms with Crippen LogP contribution in [0.4, 0.5) is 15.8 Å². The first-order valence-corrected chi connectivity index (χ1v) is 5.99. The van der Waals surface area contributed by atoms with Crippen molar-refractivity contribution in [1.82, 2.24) is 4.98 Å². The number of nitrogen functional groups attached to an aromatic ring is 1. The Bertz CT molecular complexity index is 775. The number of anilines is 1. The number of nitrogens with two attached hydrogens (primary N) is 1. The number of carbonyl (C=O) groups is 1. The molecule has 0 aliphatic heterocycles. The molecule has 2 rings (SSSR count). The summed E-state index contributed by atoms with van der Waals surface area (Å²) in [6.45, 7) is 0. The van der Waals surface area contributed by atoms with E-state index >= 15 is 0 Å². The molecular weight excluding hydrogens is 293 g/mol. The van der Waals surface area contributed by atoms with Crippen LogP contribution in [0.1, 0.15) is 15.9 Å². The molecule has 0 saturated heterocycles. The lowest BCUT2D eigenvalue weighted by Gasteiger charge is -2.05. The fourth-order valence-electron chi connectivity index (χ4n) is 1.75. The number of hydrogen-bond donors (Lipinski definition) is 2. The van der Waals surface area contributed by atoms with Crippen LogP contribution in [-0.4, -0.2) is 20.8 Å². The highest BCUT2D eigenvalue weighted by Gasteiger charge is 2.27. The van der Waals surface area contributed by atoms with Gasteiger partial charge in [-0.15, -0.1) is 0 Å². The van der Waals surface area contributed by atoms with Gasteiger partial charge in [-0.05, 0) is 29.8 Å². The monoisotopic (exact) mass is 303 g/mol. The molecule has 3 N–H and O–H groups in total. The summed E-state index contributed by atoms with van der Waals surface area (Å²) in [5.74, 6) is -2.91. The van der Waals surface area contributed by atoms with Gasteiger partial charge in [0.05, 0.1) is 10.5 Å². The summed E-state index contributed by atoms with van der Waals surface area (Å²) in [6.07, 6.45) is 5.48. The number of rotatable bonds is 4. The van der Waals surface area contributed by atoms with Crippen molar-refractivity contribution in [2.45, 2.75) is 0 Å². The molecule has 0 radical (unpaired) electrons. The zero-order valence-electron chi connectivity index (χ0n) is 11.1. The second kappa shape index (κ2) is 6.00. The van der Waals surface area contributed by atoms with Gasteiger partial charge in [0.15, 0.2) is 17.3 Å². The van der Waals surface area contributed by atoms with Crippen LogP contribution < -0.4 is 5.73 Å². The van der Waals surface area contributed by atoms with Crippen LogP contribution >= 0.6 is 0 Å². The lowest BCUT2D eigenvalue weighted by molar-refractivity contribution is -0.385. The molecule has 2 aromatic rings. The summed E-state index contributed by atoms with van der Waals surface area (Å²) in [5.41, 5.74) is 3.46. The van der Waals surface area contributed by atoms with Gasteiger partial charge in [-0.1, -0.05) is 6.08 Å². The minimum absolute atomic E-state index is 0.538. The van der Waals surface area contributed by atoms with E-state index in [2.05, 4.69) is 4.98 Å². The fourth-order valence-corrected chi connectivity index (χ4v) is 1.75. The SMILES string of the molecule is Nc1c(F)cc(C(=O)/C=C/c2ccncc2)c(O)c1[N+](=O)[O-]. The van der Waals surface area contributed by atoms with Crippen molar-refractivity contribution in [3.63, 3.8) is 0 Å². The van der Waals surface area contributed by atoms with Crippen molar-refractivity contribution >= 4 is 23.2 Å². The first-order valence-electron chi connectivity index (χ1n) is 5.99. The highest BCUT2D eigenvalue weighted by molar-refractivity contribution is 6.09. The Kier molecular flexibility index (Phi) is 4.12. The Morgan fingerprint density at radius 1 is 1.41 bits per heavy atom. The maximum Gasteiger partial charge on any atom is 0.337 e. The molecule has 0 atom stereocenters. The molecular formula is C14H10FN3O4. The van der Waals surface area contributed by atoms with Crippen molar-refractivity contribution in [3.8, 4) is 5.75 Å². The van der Waals surface area contributed by atoms with E-state index in [1.807, 2.05) is 0 Å².